The lowest BCUT2D eigenvalue weighted by Crippen LogP contribution is -2.74. The predicted octanol–water partition coefficient (Wildman–Crippen LogP) is 2.33. The molecule has 4 unspecified atom stereocenters. The Morgan fingerprint density at radius 1 is 0.667 bits per heavy atom. The molecule has 2 N–H and O–H groups in total. The van der Waals surface area contributed by atoms with Crippen LogP contribution in [-0.2, 0) is 11.4 Å². The van der Waals surface area contributed by atoms with Crippen molar-refractivity contribution in [1.82, 2.24) is 9.80 Å². The fraction of sp³-hybridized carbons (Fsp3) is 0.400. The topological polar surface area (TPSA) is 46.9 Å². The molecule has 2 aromatic carbocycles. The van der Waals surface area contributed by atoms with Crippen molar-refractivity contribution in [3.8, 4) is 0 Å². The molecular formula is C20H26N2O2. The molecule has 1 heterocycles. The molecule has 1 saturated heterocycles. The van der Waals surface area contributed by atoms with Crippen LogP contribution < -0.4 is 0 Å². The number of aliphatic hydroxyl groups is 2. The summed E-state index contributed by atoms with van der Waals surface area (Å²) in [6, 6.07) is 18.7. The number of rotatable bonds is 2. The van der Waals surface area contributed by atoms with Gasteiger partial charge in [-0.25, -0.2) is 0 Å². The van der Waals surface area contributed by atoms with Gasteiger partial charge in [-0.1, -0.05) is 60.7 Å². The summed E-state index contributed by atoms with van der Waals surface area (Å²) < 4.78 is 0. The fourth-order valence-electron chi connectivity index (χ4n) is 3.98. The van der Waals surface area contributed by atoms with Gasteiger partial charge in [0.15, 0.2) is 11.4 Å². The average Bonchev–Trinajstić information content (AvgIpc) is 2.64. The molecule has 3 rings (SSSR count). The maximum Gasteiger partial charge on any atom is 0.160 e. The van der Waals surface area contributed by atoms with Crippen molar-refractivity contribution in [2.24, 2.45) is 0 Å². The smallest absolute Gasteiger partial charge is 0.160 e. The van der Waals surface area contributed by atoms with Crippen LogP contribution in [-0.4, -0.2) is 46.2 Å². The molecule has 1 aliphatic heterocycles. The molecule has 1 fully saturated rings. The van der Waals surface area contributed by atoms with Gasteiger partial charge in [-0.05, 0) is 27.9 Å². The highest BCUT2D eigenvalue weighted by Crippen LogP contribution is 2.45. The predicted molar refractivity (Wildman–Crippen MR) is 95.1 cm³/mol. The second-order valence-electron chi connectivity index (χ2n) is 6.76. The van der Waals surface area contributed by atoms with Gasteiger partial charge in [0.1, 0.15) is 0 Å². The Labute approximate surface area is 144 Å². The van der Waals surface area contributed by atoms with E-state index in [-0.39, 0.29) is 12.1 Å². The van der Waals surface area contributed by atoms with Crippen LogP contribution in [0.3, 0.4) is 0 Å². The van der Waals surface area contributed by atoms with Crippen molar-refractivity contribution in [3.63, 3.8) is 0 Å². The Balaban J connectivity index is 2.11. The molecule has 2 aromatic rings. The van der Waals surface area contributed by atoms with E-state index in [9.17, 15) is 10.2 Å². The summed E-state index contributed by atoms with van der Waals surface area (Å²) in [6.07, 6.45) is 0. The highest BCUT2D eigenvalue weighted by Gasteiger charge is 2.58. The Bertz CT molecular complexity index is 612. The zero-order valence-corrected chi connectivity index (χ0v) is 14.7. The molecule has 0 spiro atoms. The summed E-state index contributed by atoms with van der Waals surface area (Å²) in [5.74, 6) is 0. The van der Waals surface area contributed by atoms with E-state index in [1.54, 1.807) is 0 Å². The number of hydrogen-bond acceptors (Lipinski definition) is 4. The second-order valence-corrected chi connectivity index (χ2v) is 6.76. The summed E-state index contributed by atoms with van der Waals surface area (Å²) in [7, 11) is 3.74. The minimum atomic E-state index is -1.18. The van der Waals surface area contributed by atoms with Crippen molar-refractivity contribution in [1.29, 1.82) is 0 Å². The van der Waals surface area contributed by atoms with Crippen molar-refractivity contribution in [2.45, 2.75) is 37.4 Å². The molecule has 0 amide bonds. The molecule has 0 saturated carbocycles. The summed E-state index contributed by atoms with van der Waals surface area (Å²) in [6.45, 7) is 3.90. The van der Waals surface area contributed by atoms with Gasteiger partial charge < -0.3 is 10.2 Å². The maximum atomic E-state index is 11.6. The van der Waals surface area contributed by atoms with Crippen LogP contribution in [0.4, 0.5) is 0 Å². The molecule has 0 aliphatic carbocycles. The van der Waals surface area contributed by atoms with E-state index < -0.39 is 11.4 Å². The minimum Gasteiger partial charge on any atom is -0.370 e. The highest BCUT2D eigenvalue weighted by atomic mass is 16.3. The lowest BCUT2D eigenvalue weighted by atomic mass is 9.81. The summed E-state index contributed by atoms with van der Waals surface area (Å²) in [5, 5.41) is 23.1. The molecule has 4 atom stereocenters. The Kier molecular flexibility index (Phi) is 4.26. The van der Waals surface area contributed by atoms with Crippen LogP contribution in [0.25, 0.3) is 0 Å². The van der Waals surface area contributed by atoms with Crippen LogP contribution in [0.2, 0.25) is 0 Å². The third kappa shape index (κ3) is 2.22. The van der Waals surface area contributed by atoms with E-state index in [0.29, 0.717) is 0 Å². The van der Waals surface area contributed by atoms with Gasteiger partial charge in [0.25, 0.3) is 0 Å². The second kappa shape index (κ2) is 5.97. The van der Waals surface area contributed by atoms with E-state index in [1.165, 1.54) is 0 Å². The molecule has 128 valence electrons. The largest absolute Gasteiger partial charge is 0.370 e. The molecule has 24 heavy (non-hydrogen) atoms. The first-order valence-corrected chi connectivity index (χ1v) is 8.36. The number of piperazine rings is 1. The number of nitrogens with zero attached hydrogens (tertiary/aromatic N) is 2. The van der Waals surface area contributed by atoms with Crippen LogP contribution in [0.15, 0.2) is 60.7 Å². The number of benzene rings is 2. The average molecular weight is 326 g/mol. The van der Waals surface area contributed by atoms with Gasteiger partial charge in [0.2, 0.25) is 0 Å². The lowest BCUT2D eigenvalue weighted by Gasteiger charge is -2.60. The Morgan fingerprint density at radius 2 is 0.958 bits per heavy atom. The monoisotopic (exact) mass is 326 g/mol. The van der Waals surface area contributed by atoms with Crippen molar-refractivity contribution in [2.75, 3.05) is 14.1 Å². The van der Waals surface area contributed by atoms with Gasteiger partial charge in [0, 0.05) is 11.1 Å². The first-order chi connectivity index (χ1) is 11.3. The van der Waals surface area contributed by atoms with E-state index >= 15 is 0 Å². The van der Waals surface area contributed by atoms with Gasteiger partial charge in [-0.3, -0.25) is 9.80 Å². The normalized spacial score (nSPS) is 35.1. The zero-order valence-electron chi connectivity index (χ0n) is 14.7. The zero-order chi connectivity index (χ0) is 17.5. The minimum absolute atomic E-state index is 0.314. The van der Waals surface area contributed by atoms with Crippen LogP contribution in [0.5, 0.6) is 0 Å². The van der Waals surface area contributed by atoms with Gasteiger partial charge in [-0.15, -0.1) is 0 Å². The van der Waals surface area contributed by atoms with Crippen molar-refractivity contribution >= 4 is 0 Å². The number of likely N-dealkylation sites (N-methyl/N-ethyl adjacent to an activating group) is 2. The van der Waals surface area contributed by atoms with Gasteiger partial charge >= 0.3 is 0 Å². The fourth-order valence-corrected chi connectivity index (χ4v) is 3.98. The van der Waals surface area contributed by atoms with Crippen LogP contribution in [0.1, 0.15) is 25.0 Å². The Hall–Kier alpha value is -1.72. The Morgan fingerprint density at radius 3 is 1.25 bits per heavy atom. The molecule has 1 aliphatic rings. The summed E-state index contributed by atoms with van der Waals surface area (Å²) >= 11 is 0. The highest BCUT2D eigenvalue weighted by molar-refractivity contribution is 5.30. The van der Waals surface area contributed by atoms with E-state index in [2.05, 4.69) is 0 Å². The van der Waals surface area contributed by atoms with Gasteiger partial charge in [0.05, 0.1) is 12.1 Å². The maximum absolute atomic E-state index is 11.6. The lowest BCUT2D eigenvalue weighted by molar-refractivity contribution is -0.297. The first-order valence-electron chi connectivity index (χ1n) is 8.36. The van der Waals surface area contributed by atoms with Crippen molar-refractivity contribution < 1.29 is 10.2 Å². The molecule has 0 bridgehead atoms. The molecule has 0 radical (unpaired) electrons. The molecule has 4 nitrogen and oxygen atoms in total. The van der Waals surface area contributed by atoms with E-state index in [4.69, 9.17) is 0 Å². The van der Waals surface area contributed by atoms with Crippen LogP contribution in [0, 0.1) is 0 Å². The summed E-state index contributed by atoms with van der Waals surface area (Å²) in [5.41, 5.74) is -0.713. The molecule has 0 aromatic heterocycles. The van der Waals surface area contributed by atoms with E-state index in [0.717, 1.165) is 11.1 Å². The summed E-state index contributed by atoms with van der Waals surface area (Å²) in [4.78, 5) is 3.75. The van der Waals surface area contributed by atoms with Crippen LogP contribution >= 0.6 is 0 Å². The molecular weight excluding hydrogens is 300 g/mol. The first kappa shape index (κ1) is 17.1. The molecule has 4 heteroatoms. The van der Waals surface area contributed by atoms with Gasteiger partial charge in [-0.2, -0.15) is 0 Å². The third-order valence-corrected chi connectivity index (χ3v) is 5.80. The van der Waals surface area contributed by atoms with Crippen molar-refractivity contribution in [3.05, 3.63) is 71.8 Å². The standard InChI is InChI=1S/C20H26N2O2/c1-15-19(23,17-11-7-5-8-12-17)22(4)16(2)20(24,21(15)3)18-13-9-6-10-14-18/h5-16,23-24H,1-4H3. The SMILES string of the molecule is CC1N(C)C(O)(c2ccccc2)C(C)N(C)C1(O)c1ccccc1. The van der Waals surface area contributed by atoms with E-state index in [1.807, 2.05) is 98.4 Å². The number of hydrogen-bond donors (Lipinski definition) is 2. The third-order valence-electron chi connectivity index (χ3n) is 5.80. The quantitative estimate of drug-likeness (QED) is 0.889.